The van der Waals surface area contributed by atoms with Crippen LogP contribution in [0.15, 0.2) is 18.3 Å². The molecule has 1 aromatic rings. The molecule has 0 radical (unpaired) electrons. The van der Waals surface area contributed by atoms with Crippen molar-refractivity contribution < 1.29 is 9.53 Å². The zero-order chi connectivity index (χ0) is 17.8. The second-order valence-electron chi connectivity index (χ2n) is 6.87. The third-order valence-electron chi connectivity index (χ3n) is 4.92. The number of anilines is 1. The highest BCUT2D eigenvalue weighted by atomic mass is 16.6. The molecule has 0 saturated carbocycles. The van der Waals surface area contributed by atoms with Crippen LogP contribution < -0.4 is 4.90 Å². The van der Waals surface area contributed by atoms with E-state index < -0.39 is 0 Å². The molecule has 25 heavy (non-hydrogen) atoms. The van der Waals surface area contributed by atoms with E-state index in [1.54, 1.807) is 12.3 Å². The van der Waals surface area contributed by atoms with Crippen molar-refractivity contribution in [2.45, 2.75) is 32.4 Å². The number of carbonyl (C=O) groups excluding carboxylic acids is 1. The van der Waals surface area contributed by atoms with E-state index in [1.165, 1.54) is 0 Å². The lowest BCUT2D eigenvalue weighted by Gasteiger charge is -2.36. The van der Waals surface area contributed by atoms with Crippen LogP contribution in [-0.2, 0) is 4.74 Å². The van der Waals surface area contributed by atoms with Crippen LogP contribution in [-0.4, -0.2) is 72.3 Å². The molecule has 1 amide bonds. The first kappa shape index (κ1) is 17.5. The number of hydrogen-bond donors (Lipinski definition) is 0. The molecule has 2 saturated heterocycles. The van der Waals surface area contributed by atoms with Gasteiger partial charge in [0, 0.05) is 51.4 Å². The minimum absolute atomic E-state index is 0.104. The quantitative estimate of drug-likeness (QED) is 0.832. The van der Waals surface area contributed by atoms with E-state index in [9.17, 15) is 4.79 Å². The summed E-state index contributed by atoms with van der Waals surface area (Å²) >= 11 is 0. The fourth-order valence-electron chi connectivity index (χ4n) is 3.31. The lowest BCUT2D eigenvalue weighted by atomic mass is 10.2. The molecule has 1 aromatic heterocycles. The minimum atomic E-state index is -0.206. The Morgan fingerprint density at radius 1 is 1.28 bits per heavy atom. The lowest BCUT2D eigenvalue weighted by Crippen LogP contribution is -2.51. The fourth-order valence-corrected chi connectivity index (χ4v) is 3.31. The minimum Gasteiger partial charge on any atom is -0.444 e. The van der Waals surface area contributed by atoms with Gasteiger partial charge in [0.15, 0.2) is 0 Å². The van der Waals surface area contributed by atoms with Gasteiger partial charge in [0.1, 0.15) is 18.0 Å². The Hall–Kier alpha value is -2.33. The van der Waals surface area contributed by atoms with Crippen LogP contribution in [0.2, 0.25) is 0 Å². The maximum absolute atomic E-state index is 12.4. The van der Waals surface area contributed by atoms with Gasteiger partial charge in [-0.05, 0) is 26.0 Å². The van der Waals surface area contributed by atoms with Gasteiger partial charge in [-0.1, -0.05) is 0 Å². The number of nitriles is 1. The van der Waals surface area contributed by atoms with Crippen molar-refractivity contribution in [1.29, 1.82) is 5.26 Å². The SMILES string of the molecule is CC(C)N1CCN(C(=O)O[C@H]2CCN(c3ccc(C#N)cn3)C2)CC1. The molecule has 134 valence electrons. The third-order valence-corrected chi connectivity index (χ3v) is 4.92. The molecular weight excluding hydrogens is 318 g/mol. The summed E-state index contributed by atoms with van der Waals surface area (Å²) < 4.78 is 5.69. The number of pyridine rings is 1. The maximum Gasteiger partial charge on any atom is 0.410 e. The van der Waals surface area contributed by atoms with Gasteiger partial charge in [-0.2, -0.15) is 5.26 Å². The number of piperazine rings is 1. The van der Waals surface area contributed by atoms with Crippen LogP contribution in [0, 0.1) is 11.3 Å². The average molecular weight is 343 g/mol. The summed E-state index contributed by atoms with van der Waals surface area (Å²) in [5, 5.41) is 8.84. The van der Waals surface area contributed by atoms with Crippen molar-refractivity contribution in [3.05, 3.63) is 23.9 Å². The lowest BCUT2D eigenvalue weighted by molar-refractivity contribution is 0.0474. The normalized spacial score (nSPS) is 21.4. The number of amides is 1. The first-order chi connectivity index (χ1) is 12.1. The molecule has 0 unspecified atom stereocenters. The number of hydrogen-bond acceptors (Lipinski definition) is 6. The molecule has 2 aliphatic heterocycles. The Bertz CT molecular complexity index is 632. The molecule has 2 fully saturated rings. The van der Waals surface area contributed by atoms with Crippen molar-refractivity contribution in [1.82, 2.24) is 14.8 Å². The fraction of sp³-hybridized carbons (Fsp3) is 0.611. The van der Waals surface area contributed by atoms with Crippen LogP contribution >= 0.6 is 0 Å². The molecular formula is C18H25N5O2. The predicted molar refractivity (Wildman–Crippen MR) is 94.3 cm³/mol. The van der Waals surface area contributed by atoms with E-state index in [-0.39, 0.29) is 12.2 Å². The predicted octanol–water partition coefficient (Wildman–Crippen LogP) is 1.69. The molecule has 3 rings (SSSR count). The third kappa shape index (κ3) is 4.20. The zero-order valence-electron chi connectivity index (χ0n) is 14.9. The molecule has 2 aliphatic rings. The second-order valence-corrected chi connectivity index (χ2v) is 6.87. The monoisotopic (exact) mass is 343 g/mol. The molecule has 1 atom stereocenters. The summed E-state index contributed by atoms with van der Waals surface area (Å²) in [6, 6.07) is 6.18. The first-order valence-electron chi connectivity index (χ1n) is 8.87. The zero-order valence-corrected chi connectivity index (χ0v) is 14.9. The number of carbonyl (C=O) groups is 1. The molecule has 7 heteroatoms. The van der Waals surface area contributed by atoms with Gasteiger partial charge in [0.25, 0.3) is 0 Å². The highest BCUT2D eigenvalue weighted by Crippen LogP contribution is 2.21. The Kier molecular flexibility index (Phi) is 5.39. The van der Waals surface area contributed by atoms with Gasteiger partial charge in [-0.3, -0.25) is 4.90 Å². The molecule has 7 nitrogen and oxygen atoms in total. The molecule has 3 heterocycles. The van der Waals surface area contributed by atoms with Gasteiger partial charge in [-0.15, -0.1) is 0 Å². The standard InChI is InChI=1S/C18H25N5O2/c1-14(2)21-7-9-22(10-8-21)18(24)25-16-5-6-23(13-16)17-4-3-15(11-19)12-20-17/h3-4,12,14,16H,5-10,13H2,1-2H3/t16-/m0/s1. The number of rotatable bonds is 3. The summed E-state index contributed by atoms with van der Waals surface area (Å²) in [6.07, 6.45) is 2.07. The molecule has 0 spiro atoms. The van der Waals surface area contributed by atoms with Crippen molar-refractivity contribution in [3.63, 3.8) is 0 Å². The summed E-state index contributed by atoms with van der Waals surface area (Å²) in [5.74, 6) is 0.822. The summed E-state index contributed by atoms with van der Waals surface area (Å²) in [7, 11) is 0. The number of aromatic nitrogens is 1. The van der Waals surface area contributed by atoms with Gasteiger partial charge in [-0.25, -0.2) is 9.78 Å². The maximum atomic E-state index is 12.4. The van der Waals surface area contributed by atoms with Crippen LogP contribution in [0.3, 0.4) is 0 Å². The highest BCUT2D eigenvalue weighted by Gasteiger charge is 2.30. The van der Waals surface area contributed by atoms with E-state index in [2.05, 4.69) is 34.7 Å². The number of nitrogens with zero attached hydrogens (tertiary/aromatic N) is 5. The average Bonchev–Trinajstić information content (AvgIpc) is 3.10. The Morgan fingerprint density at radius 3 is 2.64 bits per heavy atom. The second kappa shape index (κ2) is 7.70. The molecule has 0 aromatic carbocycles. The van der Waals surface area contributed by atoms with Crippen molar-refractivity contribution in [3.8, 4) is 6.07 Å². The van der Waals surface area contributed by atoms with Crippen molar-refractivity contribution in [2.75, 3.05) is 44.2 Å². The van der Waals surface area contributed by atoms with Gasteiger partial charge in [0.05, 0.1) is 12.1 Å². The molecule has 0 bridgehead atoms. The van der Waals surface area contributed by atoms with Gasteiger partial charge < -0.3 is 14.5 Å². The topological polar surface area (TPSA) is 72.7 Å². The van der Waals surface area contributed by atoms with Crippen LogP contribution in [0.1, 0.15) is 25.8 Å². The van der Waals surface area contributed by atoms with Crippen molar-refractivity contribution in [2.24, 2.45) is 0 Å². The van der Waals surface area contributed by atoms with Crippen molar-refractivity contribution >= 4 is 11.9 Å². The van der Waals surface area contributed by atoms with E-state index in [0.717, 1.165) is 45.0 Å². The van der Waals surface area contributed by atoms with E-state index in [1.807, 2.05) is 11.0 Å². The largest absolute Gasteiger partial charge is 0.444 e. The summed E-state index contributed by atoms with van der Waals surface area (Å²) in [4.78, 5) is 23.0. The summed E-state index contributed by atoms with van der Waals surface area (Å²) in [5.41, 5.74) is 0.548. The number of ether oxygens (including phenoxy) is 1. The summed E-state index contributed by atoms with van der Waals surface area (Å²) in [6.45, 7) is 9.07. The Morgan fingerprint density at radius 2 is 2.04 bits per heavy atom. The van der Waals surface area contributed by atoms with Gasteiger partial charge in [0.2, 0.25) is 0 Å². The Labute approximate surface area is 148 Å². The molecule has 0 aliphatic carbocycles. The first-order valence-corrected chi connectivity index (χ1v) is 8.87. The van der Waals surface area contributed by atoms with E-state index in [4.69, 9.17) is 10.00 Å². The van der Waals surface area contributed by atoms with Gasteiger partial charge >= 0.3 is 6.09 Å². The smallest absolute Gasteiger partial charge is 0.410 e. The van der Waals surface area contributed by atoms with Crippen LogP contribution in [0.4, 0.5) is 10.6 Å². The van der Waals surface area contributed by atoms with E-state index >= 15 is 0 Å². The highest BCUT2D eigenvalue weighted by molar-refractivity contribution is 5.68. The Balaban J connectivity index is 1.48. The van der Waals surface area contributed by atoms with Crippen LogP contribution in [0.25, 0.3) is 0 Å². The van der Waals surface area contributed by atoms with Crippen LogP contribution in [0.5, 0.6) is 0 Å². The molecule has 0 N–H and O–H groups in total. The van der Waals surface area contributed by atoms with E-state index in [0.29, 0.717) is 18.2 Å².